The molecule has 0 unspecified atom stereocenters. The minimum atomic E-state index is -3.79. The predicted molar refractivity (Wildman–Crippen MR) is 115 cm³/mol. The zero-order valence-corrected chi connectivity index (χ0v) is 17.5. The third-order valence-corrected chi connectivity index (χ3v) is 6.94. The fourth-order valence-corrected chi connectivity index (χ4v) is 5.04. The number of pyridine rings is 1. The second kappa shape index (κ2) is 7.60. The van der Waals surface area contributed by atoms with Gasteiger partial charge < -0.3 is 4.42 Å². The van der Waals surface area contributed by atoms with Gasteiger partial charge in [-0.15, -0.1) is 5.10 Å². The van der Waals surface area contributed by atoms with E-state index in [1.54, 1.807) is 47.0 Å². The van der Waals surface area contributed by atoms with E-state index in [-0.39, 0.29) is 18.0 Å². The number of benzene rings is 2. The van der Waals surface area contributed by atoms with Crippen LogP contribution in [0.15, 0.2) is 82.3 Å². The van der Waals surface area contributed by atoms with Crippen molar-refractivity contribution in [2.75, 3.05) is 0 Å². The average molecular weight is 433 g/mol. The Hall–Kier alpha value is -3.56. The third-order valence-electron chi connectivity index (χ3n) is 5.14. The minimum absolute atomic E-state index is 0.0871. The van der Waals surface area contributed by atoms with E-state index < -0.39 is 10.0 Å². The SMILES string of the molecule is Cc1ccc2c(c1)cc(CN(Cc1ccco1)S(=O)(=O)c1ccccc1)c1nnnn12. The molecule has 0 aliphatic heterocycles. The van der Waals surface area contributed by atoms with Gasteiger partial charge in [0.15, 0.2) is 5.65 Å². The van der Waals surface area contributed by atoms with Crippen LogP contribution in [0.5, 0.6) is 0 Å². The maximum atomic E-state index is 13.5. The van der Waals surface area contributed by atoms with Gasteiger partial charge in [-0.05, 0) is 59.8 Å². The zero-order valence-electron chi connectivity index (χ0n) is 16.7. The molecule has 0 radical (unpaired) electrons. The van der Waals surface area contributed by atoms with Crippen LogP contribution >= 0.6 is 0 Å². The van der Waals surface area contributed by atoms with Crippen molar-refractivity contribution in [3.8, 4) is 0 Å². The van der Waals surface area contributed by atoms with Crippen LogP contribution in [-0.2, 0) is 23.1 Å². The summed E-state index contributed by atoms with van der Waals surface area (Å²) in [5, 5.41) is 13.0. The molecule has 9 heteroatoms. The lowest BCUT2D eigenvalue weighted by atomic mass is 10.1. The maximum Gasteiger partial charge on any atom is 0.243 e. The van der Waals surface area contributed by atoms with Crippen molar-refractivity contribution in [3.63, 3.8) is 0 Å². The van der Waals surface area contributed by atoms with Gasteiger partial charge in [-0.2, -0.15) is 8.82 Å². The van der Waals surface area contributed by atoms with E-state index in [0.717, 1.165) is 16.5 Å². The highest BCUT2D eigenvalue weighted by atomic mass is 32.2. The van der Waals surface area contributed by atoms with Gasteiger partial charge in [0.05, 0.1) is 23.2 Å². The molecule has 0 N–H and O–H groups in total. The second-order valence-electron chi connectivity index (χ2n) is 7.31. The van der Waals surface area contributed by atoms with Crippen molar-refractivity contribution >= 4 is 26.6 Å². The summed E-state index contributed by atoms with van der Waals surface area (Å²) in [6, 6.07) is 19.8. The molecule has 0 saturated carbocycles. The highest BCUT2D eigenvalue weighted by Crippen LogP contribution is 2.25. The van der Waals surface area contributed by atoms with Crippen LogP contribution in [0.3, 0.4) is 0 Å². The molecule has 0 aliphatic carbocycles. The highest BCUT2D eigenvalue weighted by molar-refractivity contribution is 7.89. The Morgan fingerprint density at radius 2 is 1.84 bits per heavy atom. The van der Waals surface area contributed by atoms with Crippen LogP contribution < -0.4 is 0 Å². The first kappa shape index (κ1) is 19.4. The van der Waals surface area contributed by atoms with Crippen molar-refractivity contribution in [3.05, 3.63) is 89.9 Å². The smallest absolute Gasteiger partial charge is 0.243 e. The summed E-state index contributed by atoms with van der Waals surface area (Å²) in [6.07, 6.45) is 1.53. The van der Waals surface area contributed by atoms with E-state index in [1.807, 2.05) is 31.2 Å². The van der Waals surface area contributed by atoms with Crippen molar-refractivity contribution in [2.24, 2.45) is 0 Å². The summed E-state index contributed by atoms with van der Waals surface area (Å²) in [5.74, 6) is 0.548. The van der Waals surface area contributed by atoms with E-state index >= 15 is 0 Å². The van der Waals surface area contributed by atoms with E-state index in [1.165, 1.54) is 10.6 Å². The van der Waals surface area contributed by atoms with Crippen LogP contribution in [0.4, 0.5) is 0 Å². The Kier molecular flexibility index (Phi) is 4.76. The van der Waals surface area contributed by atoms with Gasteiger partial charge in [0.2, 0.25) is 10.0 Å². The molecular weight excluding hydrogens is 414 g/mol. The predicted octanol–water partition coefficient (Wildman–Crippen LogP) is 3.57. The number of nitrogens with zero attached hydrogens (tertiary/aromatic N) is 5. The molecule has 0 atom stereocenters. The Bertz CT molecular complexity index is 1460. The van der Waals surface area contributed by atoms with Crippen molar-refractivity contribution in [1.82, 2.24) is 24.3 Å². The van der Waals surface area contributed by atoms with Crippen LogP contribution in [0.2, 0.25) is 0 Å². The van der Waals surface area contributed by atoms with E-state index in [2.05, 4.69) is 15.5 Å². The van der Waals surface area contributed by atoms with Crippen molar-refractivity contribution < 1.29 is 12.8 Å². The van der Waals surface area contributed by atoms with Crippen molar-refractivity contribution in [2.45, 2.75) is 24.9 Å². The summed E-state index contributed by atoms with van der Waals surface area (Å²) in [6.45, 7) is 2.18. The van der Waals surface area contributed by atoms with Crippen LogP contribution in [-0.4, -0.2) is 32.8 Å². The molecule has 2 aromatic carbocycles. The molecule has 0 amide bonds. The molecule has 5 rings (SSSR count). The number of hydrogen-bond acceptors (Lipinski definition) is 6. The number of aryl methyl sites for hydroxylation is 1. The number of rotatable bonds is 6. The van der Waals surface area contributed by atoms with Gasteiger partial charge >= 0.3 is 0 Å². The van der Waals surface area contributed by atoms with Crippen LogP contribution in [0.1, 0.15) is 16.9 Å². The second-order valence-corrected chi connectivity index (χ2v) is 9.25. The average Bonchev–Trinajstić information content (AvgIpc) is 3.46. The normalized spacial score (nSPS) is 12.2. The summed E-state index contributed by atoms with van der Waals surface area (Å²) < 4.78 is 35.4. The van der Waals surface area contributed by atoms with E-state index in [9.17, 15) is 8.42 Å². The standard InChI is InChI=1S/C22H19N5O3S/c1-16-9-10-21-17(12-16)13-18(22-23-24-25-27(21)22)14-26(15-19-6-5-11-30-19)31(28,29)20-7-3-2-4-8-20/h2-13H,14-15H2,1H3. The molecule has 5 aromatic rings. The zero-order chi connectivity index (χ0) is 21.4. The van der Waals surface area contributed by atoms with Gasteiger partial charge in [0.1, 0.15) is 5.76 Å². The Morgan fingerprint density at radius 1 is 1.00 bits per heavy atom. The van der Waals surface area contributed by atoms with Crippen LogP contribution in [0, 0.1) is 6.92 Å². The molecule has 0 bridgehead atoms. The number of hydrogen-bond donors (Lipinski definition) is 0. The first-order valence-corrected chi connectivity index (χ1v) is 11.1. The topological polar surface area (TPSA) is 93.6 Å². The molecule has 0 spiro atoms. The largest absolute Gasteiger partial charge is 0.468 e. The molecule has 31 heavy (non-hydrogen) atoms. The number of sulfonamides is 1. The molecule has 0 aliphatic rings. The van der Waals surface area contributed by atoms with E-state index in [4.69, 9.17) is 4.42 Å². The quantitative estimate of drug-likeness (QED) is 0.406. The van der Waals surface area contributed by atoms with E-state index in [0.29, 0.717) is 17.0 Å². The summed E-state index contributed by atoms with van der Waals surface area (Å²) in [4.78, 5) is 0.216. The summed E-state index contributed by atoms with van der Waals surface area (Å²) in [5.41, 5.74) is 3.17. The lowest BCUT2D eigenvalue weighted by Gasteiger charge is -2.22. The van der Waals surface area contributed by atoms with Gasteiger partial charge in [-0.25, -0.2) is 8.42 Å². The molecule has 0 fully saturated rings. The molecule has 0 saturated heterocycles. The van der Waals surface area contributed by atoms with Gasteiger partial charge in [0, 0.05) is 17.5 Å². The fourth-order valence-electron chi connectivity index (χ4n) is 3.63. The Morgan fingerprint density at radius 3 is 2.61 bits per heavy atom. The molecular formula is C22H19N5O3S. The minimum Gasteiger partial charge on any atom is -0.468 e. The Labute approximate surface area is 178 Å². The number of aromatic nitrogens is 4. The fraction of sp³-hybridized carbons (Fsp3) is 0.136. The van der Waals surface area contributed by atoms with Gasteiger partial charge in [-0.3, -0.25) is 0 Å². The van der Waals surface area contributed by atoms with Crippen LogP contribution in [0.25, 0.3) is 16.6 Å². The molecule has 3 heterocycles. The van der Waals surface area contributed by atoms with Gasteiger partial charge in [0.25, 0.3) is 0 Å². The molecule has 156 valence electrons. The first-order chi connectivity index (χ1) is 15.0. The lowest BCUT2D eigenvalue weighted by molar-refractivity contribution is 0.359. The van der Waals surface area contributed by atoms with Crippen molar-refractivity contribution in [1.29, 1.82) is 0 Å². The summed E-state index contributed by atoms with van der Waals surface area (Å²) in [7, 11) is -3.79. The molecule has 8 nitrogen and oxygen atoms in total. The number of furan rings is 1. The molecule has 3 aromatic heterocycles. The van der Waals surface area contributed by atoms with Gasteiger partial charge in [-0.1, -0.05) is 29.8 Å². The monoisotopic (exact) mass is 433 g/mol. The number of fused-ring (bicyclic) bond motifs is 3. The summed E-state index contributed by atoms with van der Waals surface area (Å²) >= 11 is 0. The highest BCUT2D eigenvalue weighted by Gasteiger charge is 2.27. The third kappa shape index (κ3) is 3.58. The maximum absolute atomic E-state index is 13.5. The first-order valence-electron chi connectivity index (χ1n) is 9.70. The number of tetrazole rings is 1. The Balaban J connectivity index is 1.64. The lowest BCUT2D eigenvalue weighted by Crippen LogP contribution is -2.30.